The predicted octanol–water partition coefficient (Wildman–Crippen LogP) is 0.101. The molecule has 0 aliphatic carbocycles. The first-order chi connectivity index (χ1) is 8.91. The largest absolute Gasteiger partial charge is 0.453 e. The fourth-order valence-corrected chi connectivity index (χ4v) is 2.28. The molecule has 0 unspecified atom stereocenters. The SMILES string of the molecule is CCCn1cc(S(N)(=O)=O)cc1C(=O)OC1COC1. The van der Waals surface area contributed by atoms with Crippen molar-refractivity contribution in [2.75, 3.05) is 13.2 Å². The molecule has 1 fully saturated rings. The molecular weight excluding hydrogens is 272 g/mol. The quantitative estimate of drug-likeness (QED) is 0.774. The molecule has 0 atom stereocenters. The number of rotatable bonds is 5. The number of sulfonamides is 1. The van der Waals surface area contributed by atoms with Gasteiger partial charge in [-0.05, 0) is 12.5 Å². The second kappa shape index (κ2) is 5.32. The highest BCUT2D eigenvalue weighted by Crippen LogP contribution is 2.17. The van der Waals surface area contributed by atoms with Crippen LogP contribution in [0, 0.1) is 0 Å². The molecule has 2 heterocycles. The van der Waals surface area contributed by atoms with Gasteiger partial charge in [-0.25, -0.2) is 18.4 Å². The maximum Gasteiger partial charge on any atom is 0.355 e. The van der Waals surface area contributed by atoms with Gasteiger partial charge in [0.2, 0.25) is 10.0 Å². The Morgan fingerprint density at radius 2 is 2.26 bits per heavy atom. The van der Waals surface area contributed by atoms with Gasteiger partial charge in [-0.15, -0.1) is 0 Å². The number of aryl methyl sites for hydroxylation is 1. The minimum Gasteiger partial charge on any atom is -0.453 e. The highest BCUT2D eigenvalue weighted by molar-refractivity contribution is 7.89. The lowest BCUT2D eigenvalue weighted by Gasteiger charge is -2.25. The molecule has 0 bridgehead atoms. The van der Waals surface area contributed by atoms with Crippen molar-refractivity contribution in [1.29, 1.82) is 0 Å². The molecule has 19 heavy (non-hydrogen) atoms. The molecule has 2 N–H and O–H groups in total. The second-order valence-electron chi connectivity index (χ2n) is 4.36. The van der Waals surface area contributed by atoms with E-state index in [2.05, 4.69) is 0 Å². The Kier molecular flexibility index (Phi) is 3.93. The van der Waals surface area contributed by atoms with Crippen LogP contribution in [-0.2, 0) is 26.0 Å². The van der Waals surface area contributed by atoms with Gasteiger partial charge in [-0.2, -0.15) is 0 Å². The summed E-state index contributed by atoms with van der Waals surface area (Å²) in [6.45, 7) is 3.19. The van der Waals surface area contributed by atoms with Crippen LogP contribution in [0.5, 0.6) is 0 Å². The van der Waals surface area contributed by atoms with Crippen LogP contribution in [0.25, 0.3) is 0 Å². The van der Waals surface area contributed by atoms with Gasteiger partial charge in [-0.3, -0.25) is 0 Å². The van der Waals surface area contributed by atoms with Crippen LogP contribution < -0.4 is 5.14 Å². The molecule has 2 rings (SSSR count). The van der Waals surface area contributed by atoms with Gasteiger partial charge in [0.1, 0.15) is 16.7 Å². The van der Waals surface area contributed by atoms with Crippen LogP contribution in [0.3, 0.4) is 0 Å². The second-order valence-corrected chi connectivity index (χ2v) is 5.93. The molecule has 106 valence electrons. The van der Waals surface area contributed by atoms with Crippen LogP contribution in [0.2, 0.25) is 0 Å². The zero-order valence-corrected chi connectivity index (χ0v) is 11.4. The van der Waals surface area contributed by atoms with Crippen LogP contribution in [-0.4, -0.2) is 38.3 Å². The van der Waals surface area contributed by atoms with Crippen LogP contribution in [0.4, 0.5) is 0 Å². The molecule has 0 radical (unpaired) electrons. The summed E-state index contributed by atoms with van der Waals surface area (Å²) in [4.78, 5) is 11.9. The topological polar surface area (TPSA) is 101 Å². The molecule has 0 amide bonds. The van der Waals surface area contributed by atoms with Crippen molar-refractivity contribution in [3.8, 4) is 0 Å². The average molecular weight is 288 g/mol. The number of hydrogen-bond donors (Lipinski definition) is 1. The Bertz CT molecular complexity index is 574. The summed E-state index contributed by atoms with van der Waals surface area (Å²) in [7, 11) is -3.83. The zero-order valence-electron chi connectivity index (χ0n) is 10.5. The van der Waals surface area contributed by atoms with Gasteiger partial charge in [0.15, 0.2) is 0 Å². The van der Waals surface area contributed by atoms with E-state index >= 15 is 0 Å². The number of nitrogens with two attached hydrogens (primary N) is 1. The molecule has 1 saturated heterocycles. The summed E-state index contributed by atoms with van der Waals surface area (Å²) < 4.78 is 34.2. The molecule has 1 aromatic heterocycles. The van der Waals surface area contributed by atoms with Gasteiger partial charge in [0.05, 0.1) is 13.2 Å². The summed E-state index contributed by atoms with van der Waals surface area (Å²) >= 11 is 0. The Morgan fingerprint density at radius 3 is 2.74 bits per heavy atom. The van der Waals surface area contributed by atoms with Crippen LogP contribution in [0.1, 0.15) is 23.8 Å². The summed E-state index contributed by atoms with van der Waals surface area (Å²) in [6, 6.07) is 1.24. The Hall–Kier alpha value is -1.38. The van der Waals surface area contributed by atoms with E-state index in [-0.39, 0.29) is 16.7 Å². The van der Waals surface area contributed by atoms with Crippen molar-refractivity contribution >= 4 is 16.0 Å². The minimum atomic E-state index is -3.83. The van der Waals surface area contributed by atoms with Crippen molar-refractivity contribution in [3.05, 3.63) is 18.0 Å². The maximum atomic E-state index is 11.9. The fraction of sp³-hybridized carbons (Fsp3) is 0.545. The molecule has 0 aromatic carbocycles. The Balaban J connectivity index is 2.25. The first-order valence-corrected chi connectivity index (χ1v) is 7.48. The summed E-state index contributed by atoms with van der Waals surface area (Å²) in [5.41, 5.74) is 0.192. The molecule has 1 aromatic rings. The maximum absolute atomic E-state index is 11.9. The van der Waals surface area contributed by atoms with Crippen molar-refractivity contribution < 1.29 is 22.7 Å². The summed E-state index contributed by atoms with van der Waals surface area (Å²) in [6.07, 6.45) is 1.86. The molecule has 8 heteroatoms. The van der Waals surface area contributed by atoms with E-state index in [9.17, 15) is 13.2 Å². The number of carbonyl (C=O) groups excluding carboxylic acids is 1. The van der Waals surface area contributed by atoms with E-state index in [1.165, 1.54) is 12.3 Å². The monoisotopic (exact) mass is 288 g/mol. The van der Waals surface area contributed by atoms with Crippen molar-refractivity contribution in [3.63, 3.8) is 0 Å². The number of carbonyl (C=O) groups is 1. The normalized spacial score (nSPS) is 16.1. The molecule has 1 aliphatic heterocycles. The van der Waals surface area contributed by atoms with E-state index < -0.39 is 16.0 Å². The molecule has 0 saturated carbocycles. The smallest absolute Gasteiger partial charge is 0.355 e. The molecular formula is C11H16N2O5S. The zero-order chi connectivity index (χ0) is 14.0. The number of hydrogen-bond acceptors (Lipinski definition) is 5. The molecule has 1 aliphatic rings. The Morgan fingerprint density at radius 1 is 1.58 bits per heavy atom. The summed E-state index contributed by atoms with van der Waals surface area (Å²) in [5, 5.41) is 5.06. The third kappa shape index (κ3) is 3.14. The molecule has 7 nitrogen and oxygen atoms in total. The highest BCUT2D eigenvalue weighted by Gasteiger charge is 2.26. The van der Waals surface area contributed by atoms with Crippen molar-refractivity contribution in [2.45, 2.75) is 30.9 Å². The minimum absolute atomic E-state index is 0.0854. The van der Waals surface area contributed by atoms with Gasteiger partial charge >= 0.3 is 5.97 Å². The Labute approximate surface area is 111 Å². The third-order valence-corrected chi connectivity index (χ3v) is 3.64. The fourth-order valence-electron chi connectivity index (χ4n) is 1.73. The molecule has 0 spiro atoms. The van der Waals surface area contributed by atoms with Gasteiger partial charge in [0.25, 0.3) is 0 Å². The first kappa shape index (κ1) is 14.0. The van der Waals surface area contributed by atoms with Crippen LogP contribution in [0.15, 0.2) is 17.2 Å². The lowest BCUT2D eigenvalue weighted by atomic mass is 10.3. The number of nitrogens with zero attached hydrogens (tertiary/aromatic N) is 1. The lowest BCUT2D eigenvalue weighted by Crippen LogP contribution is -2.38. The standard InChI is InChI=1S/C11H16N2O5S/c1-2-3-13-5-9(19(12,15)16)4-10(13)11(14)18-8-6-17-7-8/h4-5,8H,2-3,6-7H2,1H3,(H2,12,15,16). The predicted molar refractivity (Wildman–Crippen MR) is 66.1 cm³/mol. The van der Waals surface area contributed by atoms with E-state index in [1.807, 2.05) is 6.92 Å². The van der Waals surface area contributed by atoms with Gasteiger partial charge < -0.3 is 14.0 Å². The van der Waals surface area contributed by atoms with E-state index in [1.54, 1.807) is 4.57 Å². The lowest BCUT2D eigenvalue weighted by molar-refractivity contribution is -0.103. The van der Waals surface area contributed by atoms with Crippen molar-refractivity contribution in [1.82, 2.24) is 4.57 Å². The average Bonchev–Trinajstić information content (AvgIpc) is 2.67. The van der Waals surface area contributed by atoms with E-state index in [0.29, 0.717) is 19.8 Å². The van der Waals surface area contributed by atoms with Crippen LogP contribution >= 0.6 is 0 Å². The van der Waals surface area contributed by atoms with Gasteiger partial charge in [0, 0.05) is 12.7 Å². The number of aromatic nitrogens is 1. The number of ether oxygens (including phenoxy) is 2. The summed E-state index contributed by atoms with van der Waals surface area (Å²) in [5.74, 6) is -0.559. The van der Waals surface area contributed by atoms with E-state index in [0.717, 1.165) is 6.42 Å². The number of esters is 1. The highest BCUT2D eigenvalue weighted by atomic mass is 32.2. The van der Waals surface area contributed by atoms with E-state index in [4.69, 9.17) is 14.6 Å². The number of primary sulfonamides is 1. The van der Waals surface area contributed by atoms with Crippen molar-refractivity contribution in [2.24, 2.45) is 5.14 Å². The third-order valence-electron chi connectivity index (χ3n) is 2.75. The van der Waals surface area contributed by atoms with Gasteiger partial charge in [-0.1, -0.05) is 6.92 Å². The first-order valence-electron chi connectivity index (χ1n) is 5.93.